The molecule has 1 aliphatic heterocycles. The van der Waals surface area contributed by atoms with Crippen LogP contribution in [0.5, 0.6) is 0 Å². The molecule has 1 atom stereocenters. The van der Waals surface area contributed by atoms with Gasteiger partial charge in [-0.1, -0.05) is 0 Å². The maximum atomic E-state index is 13.9. The monoisotopic (exact) mass is 314 g/mol. The number of nitrogens with zero attached hydrogens (tertiary/aromatic N) is 2. The fraction of sp³-hybridized carbons (Fsp3) is 0.533. The van der Waals surface area contributed by atoms with Gasteiger partial charge in [-0.05, 0) is 32.8 Å². The zero-order valence-corrected chi connectivity index (χ0v) is 12.8. The van der Waals surface area contributed by atoms with Crippen LogP contribution in [0, 0.1) is 11.6 Å². The van der Waals surface area contributed by atoms with E-state index in [1.807, 2.05) is 18.4 Å². The molecule has 0 radical (unpaired) electrons. The Labute approximate surface area is 126 Å². The summed E-state index contributed by atoms with van der Waals surface area (Å²) in [6.45, 7) is 4.64. The van der Waals surface area contributed by atoms with E-state index in [0.29, 0.717) is 17.9 Å². The van der Waals surface area contributed by atoms with Crippen LogP contribution in [0.3, 0.4) is 0 Å². The highest BCUT2D eigenvalue weighted by Crippen LogP contribution is 2.36. The van der Waals surface area contributed by atoms with Crippen LogP contribution in [-0.2, 0) is 10.6 Å². The summed E-state index contributed by atoms with van der Waals surface area (Å²) in [6.07, 6.45) is 1.53. The van der Waals surface area contributed by atoms with Gasteiger partial charge in [-0.25, -0.2) is 13.8 Å². The minimum absolute atomic E-state index is 0.0775. The van der Waals surface area contributed by atoms with Crippen molar-refractivity contribution < 1.29 is 13.5 Å². The van der Waals surface area contributed by atoms with Gasteiger partial charge in [0.05, 0.1) is 17.0 Å². The molecule has 0 N–H and O–H groups in total. The lowest BCUT2D eigenvalue weighted by Crippen LogP contribution is -2.35. The Morgan fingerprint density at radius 2 is 2.19 bits per heavy atom. The lowest BCUT2D eigenvalue weighted by molar-refractivity contribution is -0.0688. The number of hydrogen-bond acceptors (Lipinski definition) is 2. The van der Waals surface area contributed by atoms with E-state index in [0.717, 1.165) is 18.9 Å². The van der Waals surface area contributed by atoms with E-state index in [1.54, 1.807) is 0 Å². The Kier molecular flexibility index (Phi) is 3.66. The van der Waals surface area contributed by atoms with Crippen LogP contribution >= 0.6 is 11.6 Å². The Balaban J connectivity index is 2.16. The van der Waals surface area contributed by atoms with Crippen LogP contribution < -0.4 is 0 Å². The van der Waals surface area contributed by atoms with Crippen molar-refractivity contribution in [1.82, 2.24) is 9.55 Å². The molecule has 1 fully saturated rings. The lowest BCUT2D eigenvalue weighted by atomic mass is 9.93. The maximum absolute atomic E-state index is 13.9. The number of benzene rings is 1. The second-order valence-electron chi connectivity index (χ2n) is 6.04. The van der Waals surface area contributed by atoms with Crippen LogP contribution in [0.1, 0.15) is 38.6 Å². The van der Waals surface area contributed by atoms with Crippen molar-refractivity contribution in [2.24, 2.45) is 0 Å². The Morgan fingerprint density at radius 1 is 1.43 bits per heavy atom. The Bertz CT molecular complexity index is 684. The quantitative estimate of drug-likeness (QED) is 0.777. The van der Waals surface area contributed by atoms with Gasteiger partial charge in [-0.15, -0.1) is 11.6 Å². The number of rotatable bonds is 2. The van der Waals surface area contributed by atoms with Gasteiger partial charge in [0.25, 0.3) is 0 Å². The molecular formula is C15H17ClF2N2O. The summed E-state index contributed by atoms with van der Waals surface area (Å²) in [5.41, 5.74) is 0.372. The minimum atomic E-state index is -0.651. The molecule has 114 valence electrons. The first-order valence-electron chi connectivity index (χ1n) is 6.97. The van der Waals surface area contributed by atoms with Crippen molar-refractivity contribution in [3.63, 3.8) is 0 Å². The van der Waals surface area contributed by atoms with Gasteiger partial charge in [0.2, 0.25) is 0 Å². The van der Waals surface area contributed by atoms with Crippen LogP contribution in [0.25, 0.3) is 11.0 Å². The number of alkyl halides is 1. The molecule has 1 unspecified atom stereocenters. The molecule has 1 aliphatic rings. The molecule has 6 heteroatoms. The van der Waals surface area contributed by atoms with Crippen molar-refractivity contribution in [2.45, 2.75) is 44.2 Å². The molecule has 2 heterocycles. The van der Waals surface area contributed by atoms with Gasteiger partial charge < -0.3 is 9.30 Å². The third-order valence-corrected chi connectivity index (χ3v) is 4.18. The third kappa shape index (κ3) is 2.64. The smallest absolute Gasteiger partial charge is 0.153 e. The molecule has 2 aromatic rings. The van der Waals surface area contributed by atoms with Gasteiger partial charge in [-0.3, -0.25) is 0 Å². The molecular weight excluding hydrogens is 298 g/mol. The normalized spacial score (nSPS) is 21.9. The zero-order valence-electron chi connectivity index (χ0n) is 12.0. The first-order chi connectivity index (χ1) is 9.91. The fourth-order valence-corrected chi connectivity index (χ4v) is 3.28. The van der Waals surface area contributed by atoms with E-state index >= 15 is 0 Å². The van der Waals surface area contributed by atoms with Gasteiger partial charge in [-0.2, -0.15) is 0 Å². The van der Waals surface area contributed by atoms with E-state index in [2.05, 4.69) is 4.98 Å². The van der Waals surface area contributed by atoms with Crippen molar-refractivity contribution in [1.29, 1.82) is 0 Å². The molecule has 0 spiro atoms. The number of hydrogen-bond donors (Lipinski definition) is 0. The predicted octanol–water partition coefficient (Wildman–Crippen LogP) is 4.18. The maximum Gasteiger partial charge on any atom is 0.153 e. The first kappa shape index (κ1) is 14.7. The van der Waals surface area contributed by atoms with Crippen LogP contribution in [-0.4, -0.2) is 21.8 Å². The molecule has 21 heavy (non-hydrogen) atoms. The number of aromatic nitrogens is 2. The highest BCUT2D eigenvalue weighted by Gasteiger charge is 2.32. The van der Waals surface area contributed by atoms with E-state index < -0.39 is 11.6 Å². The fourth-order valence-electron chi connectivity index (χ4n) is 3.09. The second-order valence-corrected chi connectivity index (χ2v) is 6.31. The number of fused-ring (bicyclic) bond motifs is 1. The molecule has 0 bridgehead atoms. The molecule has 1 saturated heterocycles. The van der Waals surface area contributed by atoms with Gasteiger partial charge in [0, 0.05) is 18.7 Å². The molecule has 3 nitrogen and oxygen atoms in total. The summed E-state index contributed by atoms with van der Waals surface area (Å²) in [5, 5.41) is 0. The van der Waals surface area contributed by atoms with Gasteiger partial charge in [0.1, 0.15) is 17.2 Å². The summed E-state index contributed by atoms with van der Waals surface area (Å²) in [7, 11) is 0. The average Bonchev–Trinajstić information content (AvgIpc) is 2.76. The SMILES string of the molecule is CC1(C)CC(n2c(CCl)nc3c(F)cc(F)cc32)CCO1. The van der Waals surface area contributed by atoms with Crippen molar-refractivity contribution in [2.75, 3.05) is 6.61 Å². The second kappa shape index (κ2) is 5.21. The van der Waals surface area contributed by atoms with Crippen molar-refractivity contribution in [3.8, 4) is 0 Å². The number of ether oxygens (including phenoxy) is 1. The molecule has 3 rings (SSSR count). The van der Waals surface area contributed by atoms with E-state index in [4.69, 9.17) is 16.3 Å². The largest absolute Gasteiger partial charge is 0.375 e. The van der Waals surface area contributed by atoms with Gasteiger partial charge in [0.15, 0.2) is 5.82 Å². The number of imidazole rings is 1. The Hall–Kier alpha value is -1.20. The van der Waals surface area contributed by atoms with E-state index in [-0.39, 0.29) is 23.0 Å². The summed E-state index contributed by atoms with van der Waals surface area (Å²) in [4.78, 5) is 4.24. The third-order valence-electron chi connectivity index (χ3n) is 3.94. The molecule has 0 aliphatic carbocycles. The molecule has 1 aromatic heterocycles. The molecule has 0 saturated carbocycles. The molecule has 0 amide bonds. The highest BCUT2D eigenvalue weighted by molar-refractivity contribution is 6.16. The van der Waals surface area contributed by atoms with Crippen LogP contribution in [0.4, 0.5) is 8.78 Å². The molecule has 1 aromatic carbocycles. The van der Waals surface area contributed by atoms with E-state index in [9.17, 15) is 8.78 Å². The minimum Gasteiger partial charge on any atom is -0.375 e. The van der Waals surface area contributed by atoms with Crippen LogP contribution in [0.2, 0.25) is 0 Å². The standard InChI is InChI=1S/C15H17ClF2N2O/c1-15(2)7-10(3-4-21-15)20-12-6-9(17)5-11(18)14(12)19-13(20)8-16/h5-6,10H,3-4,7-8H2,1-2H3. The predicted molar refractivity (Wildman–Crippen MR) is 77.5 cm³/mol. The lowest BCUT2D eigenvalue weighted by Gasteiger charge is -2.36. The number of halogens is 3. The van der Waals surface area contributed by atoms with Crippen LogP contribution in [0.15, 0.2) is 12.1 Å². The summed E-state index contributed by atoms with van der Waals surface area (Å²) in [5.74, 6) is -0.526. The average molecular weight is 315 g/mol. The summed E-state index contributed by atoms with van der Waals surface area (Å²) >= 11 is 5.96. The van der Waals surface area contributed by atoms with Gasteiger partial charge >= 0.3 is 0 Å². The Morgan fingerprint density at radius 3 is 2.86 bits per heavy atom. The van der Waals surface area contributed by atoms with Crippen molar-refractivity contribution in [3.05, 3.63) is 29.6 Å². The van der Waals surface area contributed by atoms with E-state index in [1.165, 1.54) is 6.07 Å². The first-order valence-corrected chi connectivity index (χ1v) is 7.50. The zero-order chi connectivity index (χ0) is 15.2. The summed E-state index contributed by atoms with van der Waals surface area (Å²) < 4.78 is 35.1. The highest BCUT2D eigenvalue weighted by atomic mass is 35.5. The van der Waals surface area contributed by atoms with Crippen molar-refractivity contribution >= 4 is 22.6 Å². The summed E-state index contributed by atoms with van der Waals surface area (Å²) in [6, 6.07) is 2.25. The topological polar surface area (TPSA) is 27.1 Å².